The number of para-hydroxylation sites is 1. The number of rotatable bonds is 6. The van der Waals surface area contributed by atoms with Gasteiger partial charge in [0.2, 0.25) is 5.91 Å². The predicted molar refractivity (Wildman–Crippen MR) is 109 cm³/mol. The van der Waals surface area contributed by atoms with Gasteiger partial charge >= 0.3 is 0 Å². The second-order valence-corrected chi connectivity index (χ2v) is 6.64. The number of carbonyl (C=O) groups excluding carboxylic acids is 1. The van der Waals surface area contributed by atoms with Gasteiger partial charge in [-0.05, 0) is 58.5 Å². The van der Waals surface area contributed by atoms with Crippen LogP contribution < -0.4 is 10.1 Å². The zero-order valence-electron chi connectivity index (χ0n) is 15.2. The Bertz CT molecular complexity index is 1100. The molecule has 7 nitrogen and oxygen atoms in total. The number of nitrogens with zero attached hydrogens (tertiary/aromatic N) is 4. The highest BCUT2D eigenvalue weighted by Crippen LogP contribution is 2.32. The molecule has 0 spiro atoms. The van der Waals surface area contributed by atoms with E-state index < -0.39 is 0 Å². The number of aromatic nitrogens is 4. The van der Waals surface area contributed by atoms with Crippen molar-refractivity contribution in [2.24, 2.45) is 0 Å². The van der Waals surface area contributed by atoms with E-state index in [1.807, 2.05) is 54.6 Å². The first-order valence-corrected chi connectivity index (χ1v) is 9.20. The molecule has 0 saturated carbocycles. The minimum atomic E-state index is -0.180. The van der Waals surface area contributed by atoms with E-state index in [1.165, 1.54) is 6.33 Å². The topological polar surface area (TPSA) is 81.9 Å². The molecule has 1 amide bonds. The van der Waals surface area contributed by atoms with E-state index in [1.54, 1.807) is 22.9 Å². The Balaban J connectivity index is 1.46. The summed E-state index contributed by atoms with van der Waals surface area (Å²) in [4.78, 5) is 12.6. The van der Waals surface area contributed by atoms with Crippen molar-refractivity contribution in [2.45, 2.75) is 6.42 Å². The predicted octanol–water partition coefficient (Wildman–Crippen LogP) is 4.29. The number of hydrogen-bond donors (Lipinski definition) is 1. The number of halogens is 1. The van der Waals surface area contributed by atoms with Crippen LogP contribution in [0.2, 0.25) is 5.02 Å². The van der Waals surface area contributed by atoms with Gasteiger partial charge in [-0.25, -0.2) is 4.68 Å². The maximum absolute atomic E-state index is 12.6. The monoisotopic (exact) mass is 405 g/mol. The molecule has 0 unspecified atom stereocenters. The molecule has 4 rings (SSSR count). The van der Waals surface area contributed by atoms with E-state index >= 15 is 0 Å². The van der Waals surface area contributed by atoms with Crippen LogP contribution in [-0.2, 0) is 11.2 Å². The molecule has 0 aliphatic heterocycles. The van der Waals surface area contributed by atoms with Crippen LogP contribution in [-0.4, -0.2) is 26.1 Å². The highest BCUT2D eigenvalue weighted by molar-refractivity contribution is 6.31. The van der Waals surface area contributed by atoms with Gasteiger partial charge in [-0.15, -0.1) is 5.10 Å². The van der Waals surface area contributed by atoms with Crippen molar-refractivity contribution in [2.75, 3.05) is 5.32 Å². The Labute approximate surface area is 171 Å². The summed E-state index contributed by atoms with van der Waals surface area (Å²) >= 11 is 6.10. The first-order valence-electron chi connectivity index (χ1n) is 8.82. The van der Waals surface area contributed by atoms with E-state index in [2.05, 4.69) is 20.8 Å². The molecule has 0 aliphatic carbocycles. The summed E-state index contributed by atoms with van der Waals surface area (Å²) in [6.07, 6.45) is 1.71. The average molecular weight is 406 g/mol. The molecule has 144 valence electrons. The van der Waals surface area contributed by atoms with Gasteiger partial charge in [-0.2, -0.15) is 0 Å². The Hall–Kier alpha value is -3.71. The summed E-state index contributed by atoms with van der Waals surface area (Å²) < 4.78 is 7.42. The van der Waals surface area contributed by atoms with Crippen LogP contribution in [0, 0.1) is 0 Å². The molecule has 0 aliphatic rings. The molecular formula is C21H16ClN5O2. The number of nitrogens with one attached hydrogen (secondary N) is 1. The number of amides is 1. The number of benzene rings is 3. The third-order valence-corrected chi connectivity index (χ3v) is 4.34. The van der Waals surface area contributed by atoms with Gasteiger partial charge in [0.05, 0.1) is 17.8 Å². The fourth-order valence-corrected chi connectivity index (χ4v) is 2.90. The molecule has 1 heterocycles. The van der Waals surface area contributed by atoms with E-state index in [9.17, 15) is 4.79 Å². The second kappa shape index (κ2) is 8.53. The van der Waals surface area contributed by atoms with E-state index in [0.717, 1.165) is 11.3 Å². The lowest BCUT2D eigenvalue weighted by molar-refractivity contribution is -0.115. The maximum Gasteiger partial charge on any atom is 0.228 e. The quantitative estimate of drug-likeness (QED) is 0.517. The zero-order chi connectivity index (χ0) is 20.1. The first kappa shape index (κ1) is 18.6. The van der Waals surface area contributed by atoms with E-state index in [4.69, 9.17) is 16.3 Å². The molecule has 8 heteroatoms. The lowest BCUT2D eigenvalue weighted by Gasteiger charge is -2.13. The largest absolute Gasteiger partial charge is 0.455 e. The Morgan fingerprint density at radius 2 is 1.83 bits per heavy atom. The lowest BCUT2D eigenvalue weighted by atomic mass is 10.1. The third-order valence-electron chi connectivity index (χ3n) is 4.10. The summed E-state index contributed by atoms with van der Waals surface area (Å²) in [7, 11) is 0. The van der Waals surface area contributed by atoms with Crippen LogP contribution in [0.1, 0.15) is 5.56 Å². The second-order valence-electron chi connectivity index (χ2n) is 6.20. The molecule has 4 aromatic rings. The first-order chi connectivity index (χ1) is 14.2. The molecular weight excluding hydrogens is 390 g/mol. The zero-order valence-corrected chi connectivity index (χ0v) is 16.0. The van der Waals surface area contributed by atoms with Crippen LogP contribution in [0.4, 0.5) is 5.69 Å². The van der Waals surface area contributed by atoms with E-state index in [-0.39, 0.29) is 12.3 Å². The van der Waals surface area contributed by atoms with Gasteiger partial charge in [0.1, 0.15) is 12.1 Å². The smallest absolute Gasteiger partial charge is 0.228 e. The van der Waals surface area contributed by atoms with Crippen molar-refractivity contribution in [1.29, 1.82) is 0 Å². The third kappa shape index (κ3) is 4.77. The minimum Gasteiger partial charge on any atom is -0.455 e. The average Bonchev–Trinajstić information content (AvgIpc) is 3.26. The Morgan fingerprint density at radius 1 is 1.03 bits per heavy atom. The van der Waals surface area contributed by atoms with Crippen molar-refractivity contribution < 1.29 is 9.53 Å². The van der Waals surface area contributed by atoms with Crippen molar-refractivity contribution in [3.05, 3.63) is 89.7 Å². The summed E-state index contributed by atoms with van der Waals surface area (Å²) in [6, 6.07) is 21.9. The van der Waals surface area contributed by atoms with Gasteiger partial charge in [0.15, 0.2) is 5.75 Å². The molecule has 0 radical (unpaired) electrons. The fourth-order valence-electron chi connectivity index (χ4n) is 2.73. The maximum atomic E-state index is 12.6. The van der Waals surface area contributed by atoms with E-state index in [0.29, 0.717) is 22.2 Å². The standard InChI is InChI=1S/C21H16ClN5O2/c22-16-8-11-20(29-18-4-2-1-3-5-18)19(13-16)24-21(28)12-15-6-9-17(10-7-15)27-14-23-25-26-27/h1-11,13-14H,12H2,(H,24,28). The Morgan fingerprint density at radius 3 is 2.55 bits per heavy atom. The van der Waals surface area contributed by atoms with Crippen LogP contribution in [0.3, 0.4) is 0 Å². The summed E-state index contributed by atoms with van der Waals surface area (Å²) in [5.74, 6) is 1.01. The van der Waals surface area contributed by atoms with Gasteiger partial charge in [0, 0.05) is 5.02 Å². The van der Waals surface area contributed by atoms with Crippen molar-refractivity contribution >= 4 is 23.2 Å². The van der Waals surface area contributed by atoms with Crippen molar-refractivity contribution in [3.63, 3.8) is 0 Å². The van der Waals surface area contributed by atoms with Crippen LogP contribution in [0.25, 0.3) is 5.69 Å². The van der Waals surface area contributed by atoms with Gasteiger partial charge in [0.25, 0.3) is 0 Å². The molecule has 0 atom stereocenters. The van der Waals surface area contributed by atoms with Crippen molar-refractivity contribution in [1.82, 2.24) is 20.2 Å². The SMILES string of the molecule is O=C(Cc1ccc(-n2cnnn2)cc1)Nc1cc(Cl)ccc1Oc1ccccc1. The van der Waals surface area contributed by atoms with Crippen LogP contribution in [0.15, 0.2) is 79.1 Å². The number of ether oxygens (including phenoxy) is 1. The number of hydrogen-bond acceptors (Lipinski definition) is 5. The highest BCUT2D eigenvalue weighted by Gasteiger charge is 2.11. The molecule has 0 bridgehead atoms. The van der Waals surface area contributed by atoms with Crippen molar-refractivity contribution in [3.8, 4) is 17.2 Å². The molecule has 29 heavy (non-hydrogen) atoms. The highest BCUT2D eigenvalue weighted by atomic mass is 35.5. The van der Waals surface area contributed by atoms with Gasteiger partial charge < -0.3 is 10.1 Å². The molecule has 0 fully saturated rings. The summed E-state index contributed by atoms with van der Waals surface area (Å²) in [5.41, 5.74) is 2.18. The summed E-state index contributed by atoms with van der Waals surface area (Å²) in [6.45, 7) is 0. The Kier molecular flexibility index (Phi) is 5.49. The molecule has 0 saturated heterocycles. The molecule has 1 N–H and O–H groups in total. The molecule has 1 aromatic heterocycles. The number of tetrazole rings is 1. The summed E-state index contributed by atoms with van der Waals surface area (Å²) in [5, 5.41) is 14.4. The van der Waals surface area contributed by atoms with Gasteiger partial charge in [-0.3, -0.25) is 4.79 Å². The van der Waals surface area contributed by atoms with Gasteiger partial charge in [-0.1, -0.05) is 41.9 Å². The normalized spacial score (nSPS) is 10.5. The number of carbonyl (C=O) groups is 1. The minimum absolute atomic E-state index is 0.180. The lowest BCUT2D eigenvalue weighted by Crippen LogP contribution is -2.15. The van der Waals surface area contributed by atoms with Crippen LogP contribution in [0.5, 0.6) is 11.5 Å². The van der Waals surface area contributed by atoms with Crippen LogP contribution >= 0.6 is 11.6 Å². The number of anilines is 1. The molecule has 3 aromatic carbocycles. The fraction of sp³-hybridized carbons (Fsp3) is 0.0476.